The van der Waals surface area contributed by atoms with Crippen LogP contribution in [0.3, 0.4) is 0 Å². The summed E-state index contributed by atoms with van der Waals surface area (Å²) in [5, 5.41) is 10.8. The number of aromatic nitrogens is 2. The Labute approximate surface area is 152 Å². The summed E-state index contributed by atoms with van der Waals surface area (Å²) in [4.78, 5) is 12.5. The fourth-order valence-electron chi connectivity index (χ4n) is 3.66. The van der Waals surface area contributed by atoms with Gasteiger partial charge in [0.1, 0.15) is 0 Å². The van der Waals surface area contributed by atoms with Gasteiger partial charge in [-0.2, -0.15) is 5.10 Å². The Morgan fingerprint density at radius 3 is 2.88 bits per heavy atom. The number of fused-ring (bicyclic) bond motifs is 1. The van der Waals surface area contributed by atoms with Crippen molar-refractivity contribution >= 4 is 5.91 Å². The van der Waals surface area contributed by atoms with Gasteiger partial charge >= 0.3 is 0 Å². The monoisotopic (exact) mass is 355 g/mol. The Morgan fingerprint density at radius 2 is 2.12 bits per heavy atom. The second-order valence-corrected chi connectivity index (χ2v) is 7.13. The lowest BCUT2D eigenvalue weighted by molar-refractivity contribution is -0.109. The van der Waals surface area contributed by atoms with Gasteiger partial charge in [0.25, 0.3) is 5.91 Å². The van der Waals surface area contributed by atoms with Crippen molar-refractivity contribution in [3.05, 3.63) is 53.3 Å². The van der Waals surface area contributed by atoms with Crippen LogP contribution in [0, 0.1) is 0 Å². The summed E-state index contributed by atoms with van der Waals surface area (Å²) < 4.78 is 8.06. The van der Waals surface area contributed by atoms with Crippen LogP contribution in [-0.4, -0.2) is 40.9 Å². The Balaban J connectivity index is 1.39. The highest BCUT2D eigenvalue weighted by Crippen LogP contribution is 2.31. The Kier molecular flexibility index (Phi) is 4.76. The molecule has 7 nitrogen and oxygen atoms in total. The number of hydrogen-bond acceptors (Lipinski definition) is 5. The topological polar surface area (TPSA) is 94.2 Å². The third-order valence-electron chi connectivity index (χ3n) is 5.29. The summed E-state index contributed by atoms with van der Waals surface area (Å²) in [6.45, 7) is 3.50. The predicted octanol–water partition coefficient (Wildman–Crippen LogP) is 0.965. The fourth-order valence-corrected chi connectivity index (χ4v) is 3.66. The number of carbonyl (C=O) groups excluding carboxylic acids is 1. The van der Waals surface area contributed by atoms with Crippen molar-refractivity contribution < 1.29 is 9.53 Å². The summed E-state index contributed by atoms with van der Waals surface area (Å²) in [5.41, 5.74) is 8.38. The minimum absolute atomic E-state index is 0.145. The van der Waals surface area contributed by atoms with Crippen molar-refractivity contribution in [2.75, 3.05) is 19.6 Å². The van der Waals surface area contributed by atoms with Gasteiger partial charge in [-0.15, -0.1) is 0 Å². The first-order chi connectivity index (χ1) is 12.7. The lowest BCUT2D eigenvalue weighted by atomic mass is 9.91. The van der Waals surface area contributed by atoms with Crippen LogP contribution in [0.5, 0.6) is 0 Å². The molecule has 0 radical (unpaired) electrons. The van der Waals surface area contributed by atoms with Crippen molar-refractivity contribution in [1.29, 1.82) is 0 Å². The van der Waals surface area contributed by atoms with E-state index in [0.717, 1.165) is 37.2 Å². The molecular formula is C19H25N5O2. The standard InChI is InChI=1S/C19H25N5O2/c20-16(14-4-2-1-3-5-14)11-22-18(25)17-10-15-12-26-19(13-24(15)23-17)6-8-21-9-7-19/h1-5,10,16,21H,6-9,11-13,20H2,(H,22,25). The maximum Gasteiger partial charge on any atom is 0.271 e. The lowest BCUT2D eigenvalue weighted by Gasteiger charge is -2.40. The molecule has 0 aliphatic carbocycles. The molecule has 1 aromatic carbocycles. The molecule has 1 atom stereocenters. The maximum absolute atomic E-state index is 12.5. The van der Waals surface area contributed by atoms with E-state index in [4.69, 9.17) is 10.5 Å². The second kappa shape index (κ2) is 7.19. The molecule has 1 fully saturated rings. The predicted molar refractivity (Wildman–Crippen MR) is 97.6 cm³/mol. The normalized spacial score (nSPS) is 19.7. The zero-order chi connectivity index (χ0) is 18.0. The molecule has 138 valence electrons. The zero-order valence-electron chi connectivity index (χ0n) is 14.8. The number of hydrogen-bond donors (Lipinski definition) is 3. The van der Waals surface area contributed by atoms with Gasteiger partial charge in [0.05, 0.1) is 24.4 Å². The quantitative estimate of drug-likeness (QED) is 0.760. The van der Waals surface area contributed by atoms with Gasteiger partial charge in [-0.25, -0.2) is 0 Å². The maximum atomic E-state index is 12.5. The molecule has 1 aromatic heterocycles. The summed E-state index contributed by atoms with van der Waals surface area (Å²) in [7, 11) is 0. The molecule has 0 saturated carbocycles. The van der Waals surface area contributed by atoms with Gasteiger partial charge < -0.3 is 21.1 Å². The summed E-state index contributed by atoms with van der Waals surface area (Å²) in [6, 6.07) is 11.3. The van der Waals surface area contributed by atoms with Crippen molar-refractivity contribution in [1.82, 2.24) is 20.4 Å². The SMILES string of the molecule is NC(CNC(=O)c1cc2n(n1)CC1(CCNCC1)OC2)c1ccccc1. The van der Waals surface area contributed by atoms with Crippen molar-refractivity contribution in [2.24, 2.45) is 5.73 Å². The van der Waals surface area contributed by atoms with Crippen LogP contribution in [-0.2, 0) is 17.9 Å². The Bertz CT molecular complexity index is 767. The molecule has 0 bridgehead atoms. The lowest BCUT2D eigenvalue weighted by Crippen LogP contribution is -2.49. The van der Waals surface area contributed by atoms with E-state index in [1.54, 1.807) is 0 Å². The number of nitrogens with two attached hydrogens (primary N) is 1. The number of piperidine rings is 1. The number of benzene rings is 1. The summed E-state index contributed by atoms with van der Waals surface area (Å²) in [6.07, 6.45) is 1.94. The molecule has 4 N–H and O–H groups in total. The van der Waals surface area contributed by atoms with Crippen LogP contribution < -0.4 is 16.4 Å². The molecular weight excluding hydrogens is 330 g/mol. The molecule has 2 aromatic rings. The van der Waals surface area contributed by atoms with Crippen LogP contribution in [0.15, 0.2) is 36.4 Å². The molecule has 4 rings (SSSR count). The molecule has 3 heterocycles. The van der Waals surface area contributed by atoms with Gasteiger partial charge in [0, 0.05) is 12.6 Å². The van der Waals surface area contributed by atoms with E-state index in [0.29, 0.717) is 25.4 Å². The van der Waals surface area contributed by atoms with E-state index < -0.39 is 0 Å². The molecule has 1 saturated heterocycles. The van der Waals surface area contributed by atoms with Gasteiger partial charge in [-0.3, -0.25) is 9.48 Å². The van der Waals surface area contributed by atoms with E-state index >= 15 is 0 Å². The van der Waals surface area contributed by atoms with Crippen LogP contribution in [0.25, 0.3) is 0 Å². The first-order valence-electron chi connectivity index (χ1n) is 9.15. The number of ether oxygens (including phenoxy) is 1. The van der Waals surface area contributed by atoms with Crippen LogP contribution in [0.4, 0.5) is 0 Å². The van der Waals surface area contributed by atoms with E-state index in [1.807, 2.05) is 41.1 Å². The summed E-state index contributed by atoms with van der Waals surface area (Å²) in [5.74, 6) is -0.197. The smallest absolute Gasteiger partial charge is 0.271 e. The number of amides is 1. The summed E-state index contributed by atoms with van der Waals surface area (Å²) >= 11 is 0. The molecule has 1 unspecified atom stereocenters. The molecule has 26 heavy (non-hydrogen) atoms. The molecule has 2 aliphatic rings. The number of carbonyl (C=O) groups is 1. The number of nitrogens with one attached hydrogen (secondary N) is 2. The first-order valence-corrected chi connectivity index (χ1v) is 9.15. The highest BCUT2D eigenvalue weighted by atomic mass is 16.5. The third-order valence-corrected chi connectivity index (χ3v) is 5.29. The highest BCUT2D eigenvalue weighted by Gasteiger charge is 2.38. The highest BCUT2D eigenvalue weighted by molar-refractivity contribution is 5.92. The zero-order valence-corrected chi connectivity index (χ0v) is 14.8. The molecule has 2 aliphatic heterocycles. The van der Waals surface area contributed by atoms with Crippen LogP contribution >= 0.6 is 0 Å². The fraction of sp³-hybridized carbons (Fsp3) is 0.474. The average Bonchev–Trinajstić information content (AvgIpc) is 3.10. The first kappa shape index (κ1) is 17.2. The second-order valence-electron chi connectivity index (χ2n) is 7.13. The van der Waals surface area contributed by atoms with E-state index in [-0.39, 0.29) is 17.6 Å². The minimum atomic E-state index is -0.237. The molecule has 1 amide bonds. The van der Waals surface area contributed by atoms with Gasteiger partial charge in [0.2, 0.25) is 0 Å². The van der Waals surface area contributed by atoms with E-state index in [2.05, 4.69) is 15.7 Å². The number of rotatable bonds is 4. The van der Waals surface area contributed by atoms with Gasteiger partial charge in [0.15, 0.2) is 5.69 Å². The largest absolute Gasteiger partial charge is 0.367 e. The molecule has 1 spiro atoms. The molecule has 7 heteroatoms. The van der Waals surface area contributed by atoms with Crippen LogP contribution in [0.2, 0.25) is 0 Å². The van der Waals surface area contributed by atoms with Gasteiger partial charge in [-0.1, -0.05) is 30.3 Å². The third kappa shape index (κ3) is 3.51. The van der Waals surface area contributed by atoms with Gasteiger partial charge in [-0.05, 0) is 37.6 Å². The Hall–Kier alpha value is -2.22. The van der Waals surface area contributed by atoms with Crippen molar-refractivity contribution in [3.8, 4) is 0 Å². The van der Waals surface area contributed by atoms with Crippen LogP contribution in [0.1, 0.15) is 40.6 Å². The average molecular weight is 355 g/mol. The number of nitrogens with zero attached hydrogens (tertiary/aromatic N) is 2. The van der Waals surface area contributed by atoms with E-state index in [1.165, 1.54) is 0 Å². The van der Waals surface area contributed by atoms with Crippen molar-refractivity contribution in [2.45, 2.75) is 37.6 Å². The minimum Gasteiger partial charge on any atom is -0.367 e. The Morgan fingerprint density at radius 1 is 1.35 bits per heavy atom. The van der Waals surface area contributed by atoms with E-state index in [9.17, 15) is 4.79 Å². The van der Waals surface area contributed by atoms with Crippen molar-refractivity contribution in [3.63, 3.8) is 0 Å².